The lowest BCUT2D eigenvalue weighted by Crippen LogP contribution is -2.32. The molecule has 0 aliphatic rings. The summed E-state index contributed by atoms with van der Waals surface area (Å²) in [6.45, 7) is -0.246. The molecular formula is C20H16ClFN2O3S. The van der Waals surface area contributed by atoms with Crippen LogP contribution in [0.5, 0.6) is 0 Å². The number of rotatable bonds is 6. The Kier molecular flexibility index (Phi) is 6.06. The lowest BCUT2D eigenvalue weighted by Gasteiger charge is -2.19. The smallest absolute Gasteiger partial charge is 0.254 e. The van der Waals surface area contributed by atoms with E-state index in [0.717, 1.165) is 6.07 Å². The third-order valence-electron chi connectivity index (χ3n) is 4.14. The van der Waals surface area contributed by atoms with Gasteiger partial charge in [0.05, 0.1) is 10.5 Å². The fourth-order valence-corrected chi connectivity index (χ4v) is 4.46. The van der Waals surface area contributed by atoms with Gasteiger partial charge in [-0.2, -0.15) is 0 Å². The Hall–Kier alpha value is -2.77. The summed E-state index contributed by atoms with van der Waals surface area (Å²) in [6.07, 6.45) is 2.95. The summed E-state index contributed by atoms with van der Waals surface area (Å²) in [6, 6.07) is 14.5. The molecule has 1 unspecified atom stereocenters. The van der Waals surface area contributed by atoms with E-state index >= 15 is 0 Å². The minimum Gasteiger partial charge on any atom is -0.350 e. The third kappa shape index (κ3) is 4.37. The highest BCUT2D eigenvalue weighted by Crippen LogP contribution is 2.29. The van der Waals surface area contributed by atoms with Crippen molar-refractivity contribution in [1.29, 1.82) is 0 Å². The van der Waals surface area contributed by atoms with Crippen LogP contribution in [-0.2, 0) is 9.84 Å². The maximum absolute atomic E-state index is 13.8. The van der Waals surface area contributed by atoms with Crippen molar-refractivity contribution in [2.75, 3.05) is 6.54 Å². The monoisotopic (exact) mass is 418 g/mol. The van der Waals surface area contributed by atoms with E-state index in [9.17, 15) is 17.6 Å². The highest BCUT2D eigenvalue weighted by atomic mass is 35.5. The minimum atomic E-state index is -3.87. The molecule has 5 nitrogen and oxygen atoms in total. The molecule has 1 amide bonds. The van der Waals surface area contributed by atoms with Gasteiger partial charge in [0.2, 0.25) is 0 Å². The Balaban J connectivity index is 1.91. The number of carbonyl (C=O) groups excluding carboxylic acids is 1. The van der Waals surface area contributed by atoms with Crippen LogP contribution in [0.25, 0.3) is 0 Å². The van der Waals surface area contributed by atoms with Crippen LogP contribution in [0.4, 0.5) is 4.39 Å². The number of amides is 1. The molecule has 2 aromatic carbocycles. The lowest BCUT2D eigenvalue weighted by atomic mass is 10.2. The Morgan fingerprint density at radius 1 is 1.07 bits per heavy atom. The van der Waals surface area contributed by atoms with Gasteiger partial charge in [-0.15, -0.1) is 0 Å². The highest BCUT2D eigenvalue weighted by molar-refractivity contribution is 7.91. The zero-order chi connectivity index (χ0) is 20.1. The molecule has 1 heterocycles. The number of aromatic nitrogens is 1. The number of benzene rings is 2. The SMILES string of the molecule is O=C(NCC(c1cccnc1)S(=O)(=O)c1ccc(Cl)cc1)c1ccccc1F. The van der Waals surface area contributed by atoms with Gasteiger partial charge >= 0.3 is 0 Å². The fraction of sp³-hybridized carbons (Fsp3) is 0.100. The normalized spacial score (nSPS) is 12.4. The molecule has 1 N–H and O–H groups in total. The average molecular weight is 419 g/mol. The molecule has 0 radical (unpaired) electrons. The van der Waals surface area contributed by atoms with Crippen LogP contribution in [0.3, 0.4) is 0 Å². The van der Waals surface area contributed by atoms with Crippen LogP contribution in [0.2, 0.25) is 5.02 Å². The number of hydrogen-bond donors (Lipinski definition) is 1. The van der Waals surface area contributed by atoms with Crippen molar-refractivity contribution in [1.82, 2.24) is 10.3 Å². The number of carbonyl (C=O) groups is 1. The summed E-state index contributed by atoms with van der Waals surface area (Å²) in [4.78, 5) is 16.4. The summed E-state index contributed by atoms with van der Waals surface area (Å²) < 4.78 is 40.2. The largest absolute Gasteiger partial charge is 0.350 e. The first-order chi connectivity index (χ1) is 13.4. The summed E-state index contributed by atoms with van der Waals surface area (Å²) in [7, 11) is -3.87. The van der Waals surface area contributed by atoms with Gasteiger partial charge in [-0.1, -0.05) is 29.8 Å². The van der Waals surface area contributed by atoms with E-state index in [1.54, 1.807) is 12.1 Å². The number of nitrogens with zero attached hydrogens (tertiary/aromatic N) is 1. The van der Waals surface area contributed by atoms with Crippen molar-refractivity contribution >= 4 is 27.3 Å². The Labute approximate surface area is 167 Å². The molecule has 3 rings (SSSR count). The predicted octanol–water partition coefficient (Wildman–Crippen LogP) is 3.82. The van der Waals surface area contributed by atoms with Crippen LogP contribution in [0.1, 0.15) is 21.2 Å². The molecule has 0 saturated heterocycles. The van der Waals surface area contributed by atoms with Crippen molar-refractivity contribution in [3.63, 3.8) is 0 Å². The molecular weight excluding hydrogens is 403 g/mol. The number of hydrogen-bond acceptors (Lipinski definition) is 4. The number of nitrogens with one attached hydrogen (secondary N) is 1. The van der Waals surface area contributed by atoms with E-state index in [1.165, 1.54) is 54.9 Å². The Morgan fingerprint density at radius 2 is 1.79 bits per heavy atom. The zero-order valence-electron chi connectivity index (χ0n) is 14.5. The van der Waals surface area contributed by atoms with E-state index < -0.39 is 26.8 Å². The van der Waals surface area contributed by atoms with Gasteiger partial charge in [0.15, 0.2) is 9.84 Å². The molecule has 0 spiro atoms. The summed E-state index contributed by atoms with van der Waals surface area (Å²) in [5, 5.41) is 1.82. The second kappa shape index (κ2) is 8.50. The van der Waals surface area contributed by atoms with Crippen LogP contribution in [-0.4, -0.2) is 25.9 Å². The van der Waals surface area contributed by atoms with Gasteiger partial charge in [0.1, 0.15) is 11.1 Å². The van der Waals surface area contributed by atoms with Crippen LogP contribution >= 0.6 is 11.6 Å². The van der Waals surface area contributed by atoms with Gasteiger partial charge < -0.3 is 5.32 Å². The first kappa shape index (κ1) is 20.0. The van der Waals surface area contributed by atoms with Crippen molar-refractivity contribution in [3.05, 3.63) is 95.0 Å². The van der Waals surface area contributed by atoms with Crippen molar-refractivity contribution in [3.8, 4) is 0 Å². The summed E-state index contributed by atoms with van der Waals surface area (Å²) >= 11 is 5.85. The molecule has 0 aliphatic carbocycles. The third-order valence-corrected chi connectivity index (χ3v) is 6.51. The standard InChI is InChI=1S/C20H16ClFN2O3S/c21-15-7-9-16(10-8-15)28(26,27)19(14-4-3-11-23-12-14)13-24-20(25)17-5-1-2-6-18(17)22/h1-12,19H,13H2,(H,24,25). The quantitative estimate of drug-likeness (QED) is 0.660. The van der Waals surface area contributed by atoms with E-state index in [-0.39, 0.29) is 17.0 Å². The van der Waals surface area contributed by atoms with Crippen LogP contribution < -0.4 is 5.32 Å². The summed E-state index contributed by atoms with van der Waals surface area (Å²) in [5.74, 6) is -1.38. The first-order valence-corrected chi connectivity index (χ1v) is 10.2. The van der Waals surface area contributed by atoms with Crippen LogP contribution in [0.15, 0.2) is 78.0 Å². The van der Waals surface area contributed by atoms with Crippen molar-refractivity contribution in [2.45, 2.75) is 10.1 Å². The molecule has 28 heavy (non-hydrogen) atoms. The van der Waals surface area contributed by atoms with Gasteiger partial charge in [0, 0.05) is 24.0 Å². The van der Waals surface area contributed by atoms with Crippen molar-refractivity contribution in [2.24, 2.45) is 0 Å². The van der Waals surface area contributed by atoms with E-state index in [4.69, 9.17) is 11.6 Å². The molecule has 3 aromatic rings. The zero-order valence-corrected chi connectivity index (χ0v) is 16.1. The van der Waals surface area contributed by atoms with Gasteiger partial charge in [-0.05, 0) is 48.0 Å². The lowest BCUT2D eigenvalue weighted by molar-refractivity contribution is 0.0949. The second-order valence-electron chi connectivity index (χ2n) is 5.96. The molecule has 1 aromatic heterocycles. The van der Waals surface area contributed by atoms with E-state index in [2.05, 4.69) is 10.3 Å². The molecule has 144 valence electrons. The van der Waals surface area contributed by atoms with Crippen LogP contribution in [0, 0.1) is 5.82 Å². The average Bonchev–Trinajstić information content (AvgIpc) is 2.69. The van der Waals surface area contributed by atoms with Crippen molar-refractivity contribution < 1.29 is 17.6 Å². The first-order valence-electron chi connectivity index (χ1n) is 8.31. The van der Waals surface area contributed by atoms with Gasteiger partial charge in [-0.3, -0.25) is 9.78 Å². The molecule has 0 saturated carbocycles. The summed E-state index contributed by atoms with van der Waals surface area (Å²) in [5.41, 5.74) is 0.252. The molecule has 0 bridgehead atoms. The predicted molar refractivity (Wildman–Crippen MR) is 104 cm³/mol. The second-order valence-corrected chi connectivity index (χ2v) is 8.53. The number of sulfone groups is 1. The number of pyridine rings is 1. The fourth-order valence-electron chi connectivity index (χ4n) is 2.69. The highest BCUT2D eigenvalue weighted by Gasteiger charge is 2.30. The Bertz CT molecular complexity index is 1070. The minimum absolute atomic E-state index is 0.0610. The van der Waals surface area contributed by atoms with E-state index in [1.807, 2.05) is 0 Å². The topological polar surface area (TPSA) is 76.1 Å². The Morgan fingerprint density at radius 3 is 2.43 bits per heavy atom. The maximum Gasteiger partial charge on any atom is 0.254 e. The molecule has 0 fully saturated rings. The maximum atomic E-state index is 13.8. The number of halogens is 2. The van der Waals surface area contributed by atoms with E-state index in [0.29, 0.717) is 10.6 Å². The molecule has 1 atom stereocenters. The van der Waals surface area contributed by atoms with Gasteiger partial charge in [0.25, 0.3) is 5.91 Å². The van der Waals surface area contributed by atoms with Gasteiger partial charge in [-0.25, -0.2) is 12.8 Å². The molecule has 0 aliphatic heterocycles. The molecule has 8 heteroatoms.